The first kappa shape index (κ1) is 15.4. The average molecular weight is 330 g/mol. The summed E-state index contributed by atoms with van der Waals surface area (Å²) in [4.78, 5) is 12.4. The topological polar surface area (TPSA) is 78.4 Å². The fourth-order valence-corrected chi connectivity index (χ4v) is 2.66. The van der Waals surface area contributed by atoms with E-state index < -0.39 is 0 Å². The number of hydrogen-bond donors (Lipinski definition) is 0. The molecule has 2 heterocycles. The standard InChI is InChI=1S/C16H14N2O4S/c1-10-5-6-13(20-2)11(8-10)12(19)9-23-16-18-17-15(22-16)14-4-3-7-21-14/h3-8H,9H2,1-2H3. The highest BCUT2D eigenvalue weighted by atomic mass is 32.2. The van der Waals surface area contributed by atoms with Gasteiger partial charge in [0.05, 0.1) is 24.7 Å². The van der Waals surface area contributed by atoms with Crippen molar-refractivity contribution < 1.29 is 18.4 Å². The van der Waals surface area contributed by atoms with E-state index in [2.05, 4.69) is 10.2 Å². The number of Topliss-reactive ketones (excluding diaryl/α,β-unsaturated/α-hetero) is 1. The highest BCUT2D eigenvalue weighted by molar-refractivity contribution is 7.99. The number of carbonyl (C=O) groups is 1. The minimum atomic E-state index is -0.0618. The fraction of sp³-hybridized carbons (Fsp3) is 0.188. The molecule has 23 heavy (non-hydrogen) atoms. The Hall–Kier alpha value is -2.54. The molecule has 118 valence electrons. The molecule has 0 aliphatic carbocycles. The number of ether oxygens (including phenoxy) is 1. The highest BCUT2D eigenvalue weighted by Crippen LogP contribution is 2.26. The van der Waals surface area contributed by atoms with Gasteiger partial charge in [-0.2, -0.15) is 0 Å². The summed E-state index contributed by atoms with van der Waals surface area (Å²) in [6.45, 7) is 1.93. The zero-order chi connectivity index (χ0) is 16.2. The van der Waals surface area contributed by atoms with Crippen LogP contribution in [0.25, 0.3) is 11.7 Å². The van der Waals surface area contributed by atoms with E-state index in [1.165, 1.54) is 18.0 Å². The van der Waals surface area contributed by atoms with Gasteiger partial charge in [0.25, 0.3) is 11.1 Å². The van der Waals surface area contributed by atoms with Gasteiger partial charge < -0.3 is 13.6 Å². The summed E-state index contributed by atoms with van der Waals surface area (Å²) in [5, 5.41) is 8.11. The van der Waals surface area contributed by atoms with Crippen LogP contribution in [0.15, 0.2) is 50.7 Å². The van der Waals surface area contributed by atoms with Crippen molar-refractivity contribution in [2.45, 2.75) is 12.1 Å². The van der Waals surface area contributed by atoms with E-state index >= 15 is 0 Å². The fourth-order valence-electron chi connectivity index (χ4n) is 2.01. The number of benzene rings is 1. The number of ketones is 1. The summed E-state index contributed by atoms with van der Waals surface area (Å²) >= 11 is 1.18. The number of carbonyl (C=O) groups excluding carboxylic acids is 1. The van der Waals surface area contributed by atoms with Gasteiger partial charge in [-0.25, -0.2) is 0 Å². The molecule has 1 aromatic carbocycles. The smallest absolute Gasteiger partial charge is 0.284 e. The summed E-state index contributed by atoms with van der Waals surface area (Å²) in [6, 6.07) is 8.96. The van der Waals surface area contributed by atoms with Crippen molar-refractivity contribution in [3.63, 3.8) is 0 Å². The van der Waals surface area contributed by atoms with Gasteiger partial charge >= 0.3 is 0 Å². The number of aromatic nitrogens is 2. The van der Waals surface area contributed by atoms with Gasteiger partial charge in [-0.3, -0.25) is 4.79 Å². The second-order valence-corrected chi connectivity index (χ2v) is 5.69. The molecular weight excluding hydrogens is 316 g/mol. The van der Waals surface area contributed by atoms with Gasteiger partial charge in [0.1, 0.15) is 5.75 Å². The van der Waals surface area contributed by atoms with E-state index in [-0.39, 0.29) is 17.4 Å². The Balaban J connectivity index is 1.69. The predicted molar refractivity (Wildman–Crippen MR) is 84.8 cm³/mol. The van der Waals surface area contributed by atoms with Crippen LogP contribution in [0.1, 0.15) is 15.9 Å². The zero-order valence-electron chi connectivity index (χ0n) is 12.6. The number of aryl methyl sites for hydroxylation is 1. The molecule has 6 nitrogen and oxygen atoms in total. The van der Waals surface area contributed by atoms with Crippen molar-refractivity contribution in [3.8, 4) is 17.4 Å². The van der Waals surface area contributed by atoms with Gasteiger partial charge in [0, 0.05) is 0 Å². The Bertz CT molecular complexity index is 811. The molecule has 0 aliphatic heterocycles. The predicted octanol–water partition coefficient (Wildman–Crippen LogP) is 3.62. The maximum Gasteiger partial charge on any atom is 0.284 e. The van der Waals surface area contributed by atoms with E-state index in [9.17, 15) is 4.79 Å². The summed E-state index contributed by atoms with van der Waals surface area (Å²) in [6.07, 6.45) is 1.53. The summed E-state index contributed by atoms with van der Waals surface area (Å²) in [5.74, 6) is 1.46. The first-order chi connectivity index (χ1) is 11.2. The lowest BCUT2D eigenvalue weighted by Crippen LogP contribution is -2.05. The molecule has 0 N–H and O–H groups in total. The van der Waals surface area contributed by atoms with Crippen LogP contribution in [0.3, 0.4) is 0 Å². The van der Waals surface area contributed by atoms with Crippen LogP contribution in [-0.2, 0) is 0 Å². The third-order valence-corrected chi connectivity index (χ3v) is 3.94. The minimum absolute atomic E-state index is 0.0618. The molecular formula is C16H14N2O4S. The monoisotopic (exact) mass is 330 g/mol. The summed E-state index contributed by atoms with van der Waals surface area (Å²) in [5.41, 5.74) is 1.54. The molecule has 0 amide bonds. The number of hydrogen-bond acceptors (Lipinski definition) is 7. The first-order valence-electron chi connectivity index (χ1n) is 6.85. The third kappa shape index (κ3) is 3.45. The zero-order valence-corrected chi connectivity index (χ0v) is 13.4. The second kappa shape index (κ2) is 6.70. The Kier molecular flexibility index (Phi) is 4.47. The van der Waals surface area contributed by atoms with E-state index in [1.54, 1.807) is 25.3 Å². The average Bonchev–Trinajstić information content (AvgIpc) is 3.23. The Morgan fingerprint density at radius 2 is 2.17 bits per heavy atom. The number of nitrogens with zero attached hydrogens (tertiary/aromatic N) is 2. The summed E-state index contributed by atoms with van der Waals surface area (Å²) in [7, 11) is 1.54. The van der Waals surface area contributed by atoms with Gasteiger partial charge in [-0.1, -0.05) is 23.4 Å². The van der Waals surface area contributed by atoms with Crippen molar-refractivity contribution in [1.29, 1.82) is 0 Å². The molecule has 0 saturated heterocycles. The maximum absolute atomic E-state index is 12.4. The lowest BCUT2D eigenvalue weighted by Gasteiger charge is -2.07. The van der Waals surface area contributed by atoms with Crippen molar-refractivity contribution in [2.24, 2.45) is 0 Å². The summed E-state index contributed by atoms with van der Waals surface area (Å²) < 4.78 is 15.9. The van der Waals surface area contributed by atoms with Gasteiger partial charge in [0.2, 0.25) is 0 Å². The van der Waals surface area contributed by atoms with Crippen molar-refractivity contribution in [1.82, 2.24) is 10.2 Å². The first-order valence-corrected chi connectivity index (χ1v) is 7.84. The Morgan fingerprint density at radius 3 is 2.91 bits per heavy atom. The SMILES string of the molecule is COc1ccc(C)cc1C(=O)CSc1nnc(-c2ccco2)o1. The van der Waals surface area contributed by atoms with Crippen LogP contribution in [-0.4, -0.2) is 28.8 Å². The second-order valence-electron chi connectivity index (χ2n) is 4.77. The molecule has 0 bridgehead atoms. The molecule has 2 aromatic heterocycles. The van der Waals surface area contributed by atoms with E-state index in [1.807, 2.05) is 19.1 Å². The molecule has 7 heteroatoms. The van der Waals surface area contributed by atoms with Crippen LogP contribution < -0.4 is 4.74 Å². The van der Waals surface area contributed by atoms with E-state index in [0.29, 0.717) is 22.3 Å². The lowest BCUT2D eigenvalue weighted by molar-refractivity contribution is 0.101. The van der Waals surface area contributed by atoms with Crippen molar-refractivity contribution >= 4 is 17.5 Å². The molecule has 3 aromatic rings. The van der Waals surface area contributed by atoms with Gasteiger partial charge in [0.15, 0.2) is 11.5 Å². The molecule has 0 fully saturated rings. The van der Waals surface area contributed by atoms with Crippen LogP contribution >= 0.6 is 11.8 Å². The number of thioether (sulfide) groups is 1. The number of furan rings is 1. The van der Waals surface area contributed by atoms with Crippen molar-refractivity contribution in [3.05, 3.63) is 47.7 Å². The minimum Gasteiger partial charge on any atom is -0.496 e. The molecule has 0 atom stereocenters. The molecule has 0 spiro atoms. The van der Waals surface area contributed by atoms with Crippen LogP contribution in [0, 0.1) is 6.92 Å². The van der Waals surface area contributed by atoms with Crippen molar-refractivity contribution in [2.75, 3.05) is 12.9 Å². The Labute approximate surface area is 136 Å². The molecule has 0 saturated carbocycles. The van der Waals surface area contributed by atoms with Gasteiger partial charge in [-0.15, -0.1) is 10.2 Å². The Morgan fingerprint density at radius 1 is 1.30 bits per heavy atom. The van der Waals surface area contributed by atoms with Gasteiger partial charge in [-0.05, 0) is 31.2 Å². The van der Waals surface area contributed by atoms with E-state index in [4.69, 9.17) is 13.6 Å². The van der Waals surface area contributed by atoms with E-state index in [0.717, 1.165) is 5.56 Å². The highest BCUT2D eigenvalue weighted by Gasteiger charge is 2.16. The number of rotatable bonds is 6. The molecule has 0 unspecified atom stereocenters. The normalized spacial score (nSPS) is 10.7. The third-order valence-electron chi connectivity index (χ3n) is 3.12. The number of methoxy groups -OCH3 is 1. The quantitative estimate of drug-likeness (QED) is 0.504. The lowest BCUT2D eigenvalue weighted by atomic mass is 10.1. The largest absolute Gasteiger partial charge is 0.496 e. The van der Waals surface area contributed by atoms with Crippen LogP contribution in [0.5, 0.6) is 5.75 Å². The maximum atomic E-state index is 12.4. The molecule has 3 rings (SSSR count). The molecule has 0 aliphatic rings. The van der Waals surface area contributed by atoms with Crippen LogP contribution in [0.4, 0.5) is 0 Å². The van der Waals surface area contributed by atoms with Crippen LogP contribution in [0.2, 0.25) is 0 Å². The molecule has 0 radical (unpaired) electrons.